The maximum absolute atomic E-state index is 11.8. The lowest BCUT2D eigenvalue weighted by Crippen LogP contribution is -2.55. The molecule has 0 spiro atoms. The van der Waals surface area contributed by atoms with E-state index in [1.54, 1.807) is 0 Å². The molecule has 1 saturated carbocycles. The highest BCUT2D eigenvalue weighted by atomic mass is 16.4. The lowest BCUT2D eigenvalue weighted by atomic mass is 9.61. The fourth-order valence-electron chi connectivity index (χ4n) is 3.95. The van der Waals surface area contributed by atoms with Gasteiger partial charge >= 0.3 is 17.9 Å². The van der Waals surface area contributed by atoms with E-state index in [1.165, 1.54) is 0 Å². The molecule has 0 aliphatic heterocycles. The Labute approximate surface area is 135 Å². The summed E-state index contributed by atoms with van der Waals surface area (Å²) in [6.45, 7) is 5.83. The first kappa shape index (κ1) is 19.4. The molecule has 0 saturated heterocycles. The summed E-state index contributed by atoms with van der Waals surface area (Å²) < 4.78 is 0. The van der Waals surface area contributed by atoms with Gasteiger partial charge in [0, 0.05) is 0 Å². The van der Waals surface area contributed by atoms with Crippen molar-refractivity contribution in [3.05, 3.63) is 0 Å². The van der Waals surface area contributed by atoms with Crippen LogP contribution in [0.15, 0.2) is 0 Å². The Hall–Kier alpha value is -1.63. The smallest absolute Gasteiger partial charge is 0.337 e. The van der Waals surface area contributed by atoms with Crippen molar-refractivity contribution >= 4 is 17.9 Å². The molecule has 4 N–H and O–H groups in total. The summed E-state index contributed by atoms with van der Waals surface area (Å²) in [5, 5.41) is 38.3. The molecular formula is C16H26O7. The second-order valence-electron chi connectivity index (χ2n) is 7.11. The van der Waals surface area contributed by atoms with Gasteiger partial charge in [0.15, 0.2) is 5.60 Å². The van der Waals surface area contributed by atoms with Gasteiger partial charge in [-0.1, -0.05) is 27.2 Å². The molecule has 0 aromatic rings. The third kappa shape index (κ3) is 4.22. The molecule has 0 bridgehead atoms. The third-order valence-electron chi connectivity index (χ3n) is 5.07. The molecule has 1 aliphatic carbocycles. The second kappa shape index (κ2) is 7.29. The summed E-state index contributed by atoms with van der Waals surface area (Å²) in [6.07, 6.45) is 0.996. The Morgan fingerprint density at radius 2 is 1.65 bits per heavy atom. The zero-order valence-electron chi connectivity index (χ0n) is 13.7. The molecular weight excluding hydrogens is 304 g/mol. The van der Waals surface area contributed by atoms with Crippen LogP contribution in [-0.4, -0.2) is 43.9 Å². The van der Waals surface area contributed by atoms with Gasteiger partial charge in [0.2, 0.25) is 0 Å². The van der Waals surface area contributed by atoms with Crippen LogP contribution in [0, 0.1) is 29.6 Å². The summed E-state index contributed by atoms with van der Waals surface area (Å²) in [5.74, 6) is -6.74. The molecule has 5 atom stereocenters. The number of aliphatic carboxylic acids is 3. The molecule has 0 aromatic carbocycles. The highest BCUT2D eigenvalue weighted by Gasteiger charge is 2.55. The Balaban J connectivity index is 3.32. The maximum Gasteiger partial charge on any atom is 0.337 e. The van der Waals surface area contributed by atoms with E-state index in [0.717, 1.165) is 12.8 Å². The SMILES string of the molecule is CC1CCC(C(C)C)C(C(C(=O)O)C(O)(CC(=O)O)C(=O)O)C1. The maximum atomic E-state index is 11.8. The number of hydrogen-bond acceptors (Lipinski definition) is 4. The minimum absolute atomic E-state index is 0.0630. The molecule has 0 aromatic heterocycles. The standard InChI is InChI=1S/C16H26O7/c1-8(2)10-5-4-9(3)6-11(10)13(14(19)20)16(23,15(21)22)7-12(17)18/h8-11,13,23H,4-7H2,1-3H3,(H,17,18)(H,19,20)(H,21,22). The molecule has 0 radical (unpaired) electrons. The number of carboxylic acids is 3. The third-order valence-corrected chi connectivity index (χ3v) is 5.07. The minimum atomic E-state index is -2.81. The fraction of sp³-hybridized carbons (Fsp3) is 0.812. The lowest BCUT2D eigenvalue weighted by Gasteiger charge is -2.44. The van der Waals surface area contributed by atoms with Gasteiger partial charge in [-0.3, -0.25) is 9.59 Å². The molecule has 23 heavy (non-hydrogen) atoms. The Morgan fingerprint density at radius 1 is 1.09 bits per heavy atom. The minimum Gasteiger partial charge on any atom is -0.481 e. The van der Waals surface area contributed by atoms with Crippen LogP contribution in [0.1, 0.15) is 46.5 Å². The molecule has 5 unspecified atom stereocenters. The largest absolute Gasteiger partial charge is 0.481 e. The zero-order valence-corrected chi connectivity index (χ0v) is 13.7. The van der Waals surface area contributed by atoms with Gasteiger partial charge in [0.25, 0.3) is 0 Å². The molecule has 0 heterocycles. The van der Waals surface area contributed by atoms with E-state index >= 15 is 0 Å². The van der Waals surface area contributed by atoms with Crippen LogP contribution in [0.5, 0.6) is 0 Å². The second-order valence-corrected chi connectivity index (χ2v) is 7.11. The number of carboxylic acid groups (broad SMARTS) is 3. The van der Waals surface area contributed by atoms with Gasteiger partial charge in [-0.15, -0.1) is 0 Å². The van der Waals surface area contributed by atoms with Crippen LogP contribution in [0.3, 0.4) is 0 Å². The van der Waals surface area contributed by atoms with Gasteiger partial charge in [-0.2, -0.15) is 0 Å². The van der Waals surface area contributed by atoms with Gasteiger partial charge in [-0.25, -0.2) is 4.79 Å². The predicted molar refractivity (Wildman–Crippen MR) is 80.8 cm³/mol. The molecule has 0 amide bonds. The van der Waals surface area contributed by atoms with Gasteiger partial charge in [0.1, 0.15) is 0 Å². The van der Waals surface area contributed by atoms with Crippen molar-refractivity contribution < 1.29 is 34.8 Å². The first-order valence-electron chi connectivity index (χ1n) is 7.91. The summed E-state index contributed by atoms with van der Waals surface area (Å²) in [7, 11) is 0. The van der Waals surface area contributed by atoms with Crippen molar-refractivity contribution in [3.8, 4) is 0 Å². The Morgan fingerprint density at radius 3 is 2.04 bits per heavy atom. The molecule has 132 valence electrons. The molecule has 7 nitrogen and oxygen atoms in total. The molecule has 1 rings (SSSR count). The Bertz CT molecular complexity index is 473. The van der Waals surface area contributed by atoms with Crippen molar-refractivity contribution in [2.45, 2.75) is 52.1 Å². The van der Waals surface area contributed by atoms with Crippen molar-refractivity contribution in [2.75, 3.05) is 0 Å². The monoisotopic (exact) mass is 330 g/mol. The van der Waals surface area contributed by atoms with Crippen LogP contribution in [-0.2, 0) is 14.4 Å². The van der Waals surface area contributed by atoms with Gasteiger partial charge < -0.3 is 20.4 Å². The van der Waals surface area contributed by atoms with E-state index in [1.807, 2.05) is 20.8 Å². The summed E-state index contributed by atoms with van der Waals surface area (Å²) >= 11 is 0. The van der Waals surface area contributed by atoms with E-state index < -0.39 is 41.8 Å². The van der Waals surface area contributed by atoms with Crippen molar-refractivity contribution in [1.82, 2.24) is 0 Å². The van der Waals surface area contributed by atoms with Gasteiger partial charge in [-0.05, 0) is 36.5 Å². The normalized spacial score (nSPS) is 28.8. The van der Waals surface area contributed by atoms with Crippen LogP contribution in [0.2, 0.25) is 0 Å². The molecule has 7 heteroatoms. The Kier molecular flexibility index (Phi) is 6.16. The number of hydrogen-bond donors (Lipinski definition) is 4. The van der Waals surface area contributed by atoms with Crippen LogP contribution < -0.4 is 0 Å². The van der Waals surface area contributed by atoms with E-state index in [4.69, 9.17) is 5.11 Å². The summed E-state index contributed by atoms with van der Waals surface area (Å²) in [5.41, 5.74) is -2.81. The average Bonchev–Trinajstić information content (AvgIpc) is 2.36. The number of carbonyl (C=O) groups is 3. The topological polar surface area (TPSA) is 132 Å². The molecule has 1 fully saturated rings. The van der Waals surface area contributed by atoms with E-state index in [-0.39, 0.29) is 17.8 Å². The van der Waals surface area contributed by atoms with Crippen LogP contribution >= 0.6 is 0 Å². The van der Waals surface area contributed by atoms with Gasteiger partial charge in [0.05, 0.1) is 12.3 Å². The first-order valence-corrected chi connectivity index (χ1v) is 7.91. The fourth-order valence-corrected chi connectivity index (χ4v) is 3.95. The lowest BCUT2D eigenvalue weighted by molar-refractivity contribution is -0.186. The van der Waals surface area contributed by atoms with Crippen LogP contribution in [0.25, 0.3) is 0 Å². The van der Waals surface area contributed by atoms with Crippen LogP contribution in [0.4, 0.5) is 0 Å². The number of aliphatic hydroxyl groups is 1. The van der Waals surface area contributed by atoms with Crippen molar-refractivity contribution in [3.63, 3.8) is 0 Å². The van der Waals surface area contributed by atoms with Crippen molar-refractivity contribution in [1.29, 1.82) is 0 Å². The van der Waals surface area contributed by atoms with E-state index in [0.29, 0.717) is 6.42 Å². The quantitative estimate of drug-likeness (QED) is 0.558. The van der Waals surface area contributed by atoms with E-state index in [9.17, 15) is 29.7 Å². The molecule has 1 aliphatic rings. The zero-order chi connectivity index (χ0) is 17.9. The summed E-state index contributed by atoms with van der Waals surface area (Å²) in [6, 6.07) is 0. The highest BCUT2D eigenvalue weighted by molar-refractivity contribution is 5.89. The predicted octanol–water partition coefficient (Wildman–Crippen LogP) is 1.69. The van der Waals surface area contributed by atoms with Crippen molar-refractivity contribution in [2.24, 2.45) is 29.6 Å². The number of rotatable bonds is 7. The first-order chi connectivity index (χ1) is 10.5. The van der Waals surface area contributed by atoms with E-state index in [2.05, 4.69) is 0 Å². The highest BCUT2D eigenvalue weighted by Crippen LogP contribution is 2.45. The summed E-state index contributed by atoms with van der Waals surface area (Å²) in [4.78, 5) is 34.3. The average molecular weight is 330 g/mol.